The number of aliphatic hydroxyl groups excluding tert-OH is 8. The highest BCUT2D eigenvalue weighted by atomic mass is 31.2. The zero-order valence-corrected chi connectivity index (χ0v) is 64.8. The van der Waals surface area contributed by atoms with Crippen LogP contribution in [0.2, 0.25) is 0 Å². The monoisotopic (exact) mass is 1490 g/mol. The highest BCUT2D eigenvalue weighted by Gasteiger charge is 2.49. The zero-order chi connectivity index (χ0) is 74.8. The van der Waals surface area contributed by atoms with E-state index in [9.17, 15) is 40.9 Å². The summed E-state index contributed by atoms with van der Waals surface area (Å²) in [4.78, 5) is 35.8. The minimum Gasteiger partial charge on any atom is -0.397 e. The van der Waals surface area contributed by atoms with Crippen LogP contribution in [0.5, 0.6) is 0 Å². The normalized spacial score (nSPS) is 26.9. The number of nitrogen functional groups attached to an aromatic ring is 4. The fraction of sp³-hybridized carbons (Fsp3) is 0.600. The highest BCUT2D eigenvalue weighted by Crippen LogP contribution is 2.45. The first-order valence-corrected chi connectivity index (χ1v) is 47.3. The van der Waals surface area contributed by atoms with Crippen LogP contribution >= 0.6 is 27.5 Å². The van der Waals surface area contributed by atoms with Gasteiger partial charge in [0.15, 0.2) is 47.5 Å². The summed E-state index contributed by atoms with van der Waals surface area (Å²) in [6.07, 6.45) is 21.9. The number of rotatable bonds is 22. The van der Waals surface area contributed by atoms with Gasteiger partial charge in [-0.1, -0.05) is 27.2 Å². The molecule has 8 aromatic heterocycles. The van der Waals surface area contributed by atoms with Gasteiger partial charge in [-0.2, -0.15) is 0 Å². The first-order valence-electron chi connectivity index (χ1n) is 35.1. The van der Waals surface area contributed by atoms with Crippen LogP contribution in [0.4, 0.5) is 22.7 Å². The molecule has 0 radical (unpaired) electrons. The van der Waals surface area contributed by atoms with Crippen molar-refractivity contribution in [3.63, 3.8) is 0 Å². The molecular weight excluding hydrogens is 1380 g/mol. The van der Waals surface area contributed by atoms with Crippen LogP contribution in [0.15, 0.2) is 49.1 Å². The summed E-state index contributed by atoms with van der Waals surface area (Å²) in [6.45, 7) is 20.2. The van der Waals surface area contributed by atoms with Crippen LogP contribution in [0.1, 0.15) is 114 Å². The molecule has 32 heteroatoms. The molecule has 0 spiro atoms. The lowest BCUT2D eigenvalue weighted by Crippen LogP contribution is -2.32. The topological polar surface area (TPSA) is 426 Å². The Balaban J connectivity index is 0.000000158. The summed E-state index contributed by atoms with van der Waals surface area (Å²) >= 11 is 0. The molecular formula is C70H112N16O12P4. The van der Waals surface area contributed by atoms with Crippen molar-refractivity contribution in [2.45, 2.75) is 190 Å². The number of anilines is 4. The lowest BCUT2D eigenvalue weighted by molar-refractivity contribution is -0.0368. The predicted molar refractivity (Wildman–Crippen MR) is 420 cm³/mol. The van der Waals surface area contributed by atoms with Crippen molar-refractivity contribution in [1.29, 1.82) is 0 Å². The number of imidazole rings is 4. The lowest BCUT2D eigenvalue weighted by Gasteiger charge is -2.20. The lowest BCUT2D eigenvalue weighted by atomic mass is 10.1. The maximum Gasteiger partial charge on any atom is 0.165 e. The van der Waals surface area contributed by atoms with Crippen LogP contribution in [-0.2, 0) is 38.2 Å². The van der Waals surface area contributed by atoms with Crippen molar-refractivity contribution in [2.24, 2.45) is 0 Å². The molecule has 16 N–H and O–H groups in total. The van der Waals surface area contributed by atoms with Crippen molar-refractivity contribution < 1.29 is 59.8 Å². The van der Waals surface area contributed by atoms with Crippen molar-refractivity contribution in [3.05, 3.63) is 72.4 Å². The summed E-state index contributed by atoms with van der Waals surface area (Å²) in [5, 5.41) is 84.4. The maximum absolute atomic E-state index is 10.7. The van der Waals surface area contributed by atoms with Crippen LogP contribution in [-0.4, -0.2) is 275 Å². The van der Waals surface area contributed by atoms with Gasteiger partial charge < -0.3 is 82.7 Å². The van der Waals surface area contributed by atoms with E-state index in [-0.39, 0.29) is 0 Å². The summed E-state index contributed by atoms with van der Waals surface area (Å²) in [6, 6.07) is 6.80. The molecule has 0 aromatic carbocycles. The smallest absolute Gasteiger partial charge is 0.165 e. The molecule has 102 heavy (non-hydrogen) atoms. The van der Waals surface area contributed by atoms with Crippen molar-refractivity contribution >= 4 is 120 Å². The molecule has 4 fully saturated rings. The first kappa shape index (κ1) is 80.5. The molecule has 28 nitrogen and oxygen atoms in total. The molecule has 4 aliphatic heterocycles. The largest absolute Gasteiger partial charge is 0.397 e. The SMILES string of the molecule is C=P(C)(C)CC[C@H]1O[C@@H](n2c(C)nc3c(N)ccnc32)[C@H](O)[C@@H]1O.C=P(C)(C)CC[C@H]1O[C@@H](n2c(CC)nc3c(N)ccnc32)[C@H](O)[C@@H]1O.C=P(C)(C)CC[C@H]1O[C@@H](n2c(CCC)nc3c(N)ccnc32)[C@H](O)[C@@H]1O.C=P(C)(C)CC[C@H]1O[C@@H](n2c(CCCC)nc3c(N)ccnc32)[C@H](O)[C@@H]1O. The van der Waals surface area contributed by atoms with E-state index in [2.05, 4.69) is 132 Å². The van der Waals surface area contributed by atoms with Gasteiger partial charge in [0.2, 0.25) is 0 Å². The molecule has 0 bridgehead atoms. The van der Waals surface area contributed by atoms with Gasteiger partial charge in [-0.15, -0.1) is 52.7 Å². The van der Waals surface area contributed by atoms with Crippen molar-refractivity contribution in [3.8, 4) is 0 Å². The number of aromatic nitrogens is 12. The van der Waals surface area contributed by atoms with E-state index in [1.807, 2.05) is 18.4 Å². The second kappa shape index (κ2) is 33.0. The zero-order valence-electron chi connectivity index (χ0n) is 61.3. The third-order valence-electron chi connectivity index (χ3n) is 18.8. The van der Waals surface area contributed by atoms with Crippen LogP contribution < -0.4 is 22.9 Å². The molecule has 8 aromatic rings. The Morgan fingerprint density at radius 1 is 0.382 bits per heavy atom. The number of hydrogen-bond donors (Lipinski definition) is 12. The van der Waals surface area contributed by atoms with Gasteiger partial charge in [0.1, 0.15) is 94.2 Å². The van der Waals surface area contributed by atoms with Gasteiger partial charge in [-0.25, -0.2) is 39.9 Å². The minimum atomic E-state index is -1.24. The van der Waals surface area contributed by atoms with Gasteiger partial charge >= 0.3 is 0 Å². The average molecular weight is 1490 g/mol. The second-order valence-corrected chi connectivity index (χ2v) is 47.5. The van der Waals surface area contributed by atoms with Gasteiger partial charge in [0.25, 0.3) is 0 Å². The van der Waals surface area contributed by atoms with Gasteiger partial charge in [0, 0.05) is 44.0 Å². The molecule has 0 aliphatic carbocycles. The van der Waals surface area contributed by atoms with Crippen LogP contribution in [0.25, 0.3) is 44.7 Å². The Morgan fingerprint density at radius 2 is 0.647 bits per heavy atom. The summed E-state index contributed by atoms with van der Waals surface area (Å²) in [5.41, 5.74) is 30.9. The number of aryl methyl sites for hydroxylation is 4. The van der Waals surface area contributed by atoms with E-state index in [1.165, 1.54) is 0 Å². The molecule has 0 saturated carbocycles. The maximum atomic E-state index is 10.7. The first-order chi connectivity index (χ1) is 47.9. The number of unbranched alkanes of at least 4 members (excludes halogenated alkanes) is 1. The van der Waals surface area contributed by atoms with Crippen LogP contribution in [0.3, 0.4) is 0 Å². The van der Waals surface area contributed by atoms with E-state index in [1.54, 1.807) is 62.8 Å². The third kappa shape index (κ3) is 18.4. The fourth-order valence-corrected chi connectivity index (χ4v) is 17.0. The number of fused-ring (bicyclic) bond motifs is 4. The van der Waals surface area contributed by atoms with Gasteiger partial charge in [0.05, 0.1) is 47.2 Å². The molecule has 4 aliphatic rings. The molecule has 0 unspecified atom stereocenters. The number of nitrogens with two attached hydrogens (primary N) is 4. The molecule has 12 rings (SSSR count). The predicted octanol–water partition coefficient (Wildman–Crippen LogP) is 6.09. The average Bonchev–Trinajstić information content (AvgIpc) is 1.63. The standard InChI is InChI=1S/C19H31N4O3P.C18H29N4O3P.C17H27N4O3P.C16H25N4O3P/c1-5-6-7-14-22-15-12(20)8-10-21-18(15)23(14)19-17(25)16(24)13(26-19)9-11-27(2,3)4;1-5-6-13-21-14-11(19)7-9-20-17(14)22(13)18-16(24)15(23)12(25-18)8-10-26(2,3)4;1-5-12-20-13-10(18)6-8-19-16(13)21(12)17-15(23)14(22)11(24-17)7-9-25(2,3)4;1-9-19-12-10(17)5-7-18-15(12)20(9)16-14(22)13(21)11(23-16)6-8-24(2,3)4/h8,10,13,16-17,19,24-25H,2,5-7,9,11H2,1,3-4H3,(H2,20,21);7,9,12,15-16,18,23-24H,2,5-6,8,10H2,1,3-4H3,(H2,19,20);6,8,11,14-15,17,22-23H,2,5,7,9H2,1,3-4H3,(H2,18,19);5,7,11,13-14,16,21-22H,2,6,8H2,1,3-4H3,(H2,17,18)/t13-,16-,17-,19-;12-,15-,16-,18-;11-,14-,15-,17-;11-,13-,14-,16-/m1111/s1. The van der Waals surface area contributed by atoms with Crippen LogP contribution in [0, 0.1) is 6.92 Å². The van der Waals surface area contributed by atoms with Gasteiger partial charge in [-0.05, 0) is 148 Å². The van der Waals surface area contributed by atoms with E-state index < -0.39 is 126 Å². The Hall–Kier alpha value is -5.60. The Bertz CT molecular complexity index is 4390. The Morgan fingerprint density at radius 3 is 0.931 bits per heavy atom. The summed E-state index contributed by atoms with van der Waals surface area (Å²) < 4.78 is 31.4. The molecule has 4 saturated heterocycles. The minimum absolute atomic E-state index is 0.427. The molecule has 12 heterocycles. The highest BCUT2D eigenvalue weighted by molar-refractivity contribution is 7.73. The quantitative estimate of drug-likeness (QED) is 0.0341. The molecule has 564 valence electrons. The van der Waals surface area contributed by atoms with Crippen molar-refractivity contribution in [1.82, 2.24) is 58.1 Å². The number of ether oxygens (including phenoxy) is 4. The fourth-order valence-electron chi connectivity index (χ4n) is 13.2. The van der Waals surface area contributed by atoms with E-state index in [4.69, 9.17) is 41.9 Å². The molecule has 0 amide bonds. The van der Waals surface area contributed by atoms with E-state index >= 15 is 0 Å². The molecule has 16 atom stereocenters. The Labute approximate surface area is 598 Å². The van der Waals surface area contributed by atoms with E-state index in [0.717, 1.165) is 67.8 Å². The van der Waals surface area contributed by atoms with Gasteiger partial charge in [-0.3, -0.25) is 18.3 Å². The third-order valence-corrected chi connectivity index (χ3v) is 24.7. The van der Waals surface area contributed by atoms with Crippen molar-refractivity contribution in [2.75, 3.05) is 101 Å². The number of hydrogen-bond acceptors (Lipinski definition) is 24. The summed E-state index contributed by atoms with van der Waals surface area (Å²) in [7, 11) is 0. The Kier molecular flexibility index (Phi) is 26.1. The number of nitrogens with zero attached hydrogens (tertiary/aromatic N) is 12. The van der Waals surface area contributed by atoms with E-state index in [0.29, 0.717) is 112 Å². The summed E-state index contributed by atoms with van der Waals surface area (Å²) in [5.74, 6) is 2.90. The number of pyridine rings is 4. The number of aliphatic hydroxyl groups is 8. The second-order valence-electron chi connectivity index (χ2n) is 30.2.